The summed E-state index contributed by atoms with van der Waals surface area (Å²) in [7, 11) is 0. The second kappa shape index (κ2) is 8.57. The van der Waals surface area contributed by atoms with Crippen molar-refractivity contribution >= 4 is 28.9 Å². The Labute approximate surface area is 178 Å². The summed E-state index contributed by atoms with van der Waals surface area (Å²) in [5, 5.41) is 24.5. The van der Waals surface area contributed by atoms with Crippen LogP contribution in [0.1, 0.15) is 12.0 Å². The van der Waals surface area contributed by atoms with Crippen LogP contribution in [0.3, 0.4) is 0 Å². The number of hydrogen-bond donors (Lipinski definition) is 3. The molecule has 3 N–H and O–H groups in total. The third-order valence-corrected chi connectivity index (χ3v) is 4.61. The zero-order chi connectivity index (χ0) is 21.8. The van der Waals surface area contributed by atoms with Crippen molar-refractivity contribution in [3.63, 3.8) is 0 Å². The van der Waals surface area contributed by atoms with Crippen molar-refractivity contribution in [1.29, 1.82) is 5.26 Å². The quantitative estimate of drug-likeness (QED) is 0.551. The van der Waals surface area contributed by atoms with E-state index in [0.717, 1.165) is 4.90 Å². The molecule has 0 spiro atoms. The molecular formula is C23H18N4O4. The summed E-state index contributed by atoms with van der Waals surface area (Å²) >= 11 is 0. The number of carbonyl (C=O) groups excluding carboxylic acids is 2. The first-order chi connectivity index (χ1) is 15.0. The predicted octanol–water partition coefficient (Wildman–Crippen LogP) is 3.41. The van der Waals surface area contributed by atoms with E-state index in [1.807, 2.05) is 36.4 Å². The van der Waals surface area contributed by atoms with E-state index < -0.39 is 24.6 Å². The summed E-state index contributed by atoms with van der Waals surface area (Å²) < 4.78 is 5.70. The molecule has 3 aromatic rings. The molecule has 1 heterocycles. The fourth-order valence-electron chi connectivity index (χ4n) is 3.20. The molecule has 3 aromatic carbocycles. The van der Waals surface area contributed by atoms with Crippen LogP contribution < -0.4 is 20.3 Å². The molecule has 8 heteroatoms. The highest BCUT2D eigenvalue weighted by Gasteiger charge is 2.33. The van der Waals surface area contributed by atoms with Crippen molar-refractivity contribution in [1.82, 2.24) is 0 Å². The van der Waals surface area contributed by atoms with Crippen molar-refractivity contribution < 1.29 is 19.4 Å². The maximum Gasteiger partial charge on any atom is 0.240 e. The summed E-state index contributed by atoms with van der Waals surface area (Å²) in [5.74, 6) is 0.214. The van der Waals surface area contributed by atoms with Crippen LogP contribution in [0.5, 0.6) is 11.5 Å². The number of aliphatic hydroxyl groups excluding tert-OH is 1. The topological polar surface area (TPSA) is 115 Å². The molecule has 31 heavy (non-hydrogen) atoms. The van der Waals surface area contributed by atoms with Gasteiger partial charge in [-0.15, -0.1) is 0 Å². The van der Waals surface area contributed by atoms with Gasteiger partial charge in [-0.1, -0.05) is 18.2 Å². The van der Waals surface area contributed by atoms with Gasteiger partial charge in [-0.05, 0) is 54.6 Å². The van der Waals surface area contributed by atoms with E-state index in [9.17, 15) is 14.7 Å². The predicted molar refractivity (Wildman–Crippen MR) is 114 cm³/mol. The van der Waals surface area contributed by atoms with Gasteiger partial charge in [-0.2, -0.15) is 5.26 Å². The van der Waals surface area contributed by atoms with Crippen molar-refractivity contribution in [3.8, 4) is 17.6 Å². The Balaban J connectivity index is 1.37. The van der Waals surface area contributed by atoms with E-state index in [-0.39, 0.29) is 0 Å². The van der Waals surface area contributed by atoms with Gasteiger partial charge in [0.1, 0.15) is 17.9 Å². The first kappa shape index (κ1) is 19.9. The van der Waals surface area contributed by atoms with Gasteiger partial charge in [0, 0.05) is 5.69 Å². The van der Waals surface area contributed by atoms with Gasteiger partial charge in [-0.25, -0.2) is 0 Å². The van der Waals surface area contributed by atoms with Crippen LogP contribution in [0.25, 0.3) is 0 Å². The molecule has 4 rings (SSSR count). The molecular weight excluding hydrogens is 396 g/mol. The molecule has 154 valence electrons. The smallest absolute Gasteiger partial charge is 0.240 e. The molecule has 1 atom stereocenters. The lowest BCUT2D eigenvalue weighted by Gasteiger charge is -2.20. The number of nitriles is 1. The summed E-state index contributed by atoms with van der Waals surface area (Å²) in [5.41, 5.74) is 1.77. The Hall–Kier alpha value is -4.35. The van der Waals surface area contributed by atoms with E-state index in [1.165, 1.54) is 12.1 Å². The standard InChI is InChI=1S/C23H18N4O4/c24-14-15-6-11-20-19(12-15)26-23(30)27(20)22(29)13-21(28)25-16-7-9-18(10-8-16)31-17-4-2-1-3-5-17/h1-12,23,26,30H,13H2,(H,25,28). The first-order valence-electron chi connectivity index (χ1n) is 9.47. The molecule has 8 nitrogen and oxygen atoms in total. The number of amides is 2. The average Bonchev–Trinajstić information content (AvgIpc) is 3.10. The number of hydrogen-bond acceptors (Lipinski definition) is 6. The van der Waals surface area contributed by atoms with Crippen LogP contribution in [0.15, 0.2) is 72.8 Å². The largest absolute Gasteiger partial charge is 0.457 e. The fourth-order valence-corrected chi connectivity index (χ4v) is 3.20. The van der Waals surface area contributed by atoms with Crippen molar-refractivity contribution in [2.45, 2.75) is 12.8 Å². The fraction of sp³-hybridized carbons (Fsp3) is 0.0870. The number of carbonyl (C=O) groups is 2. The highest BCUT2D eigenvalue weighted by Crippen LogP contribution is 2.35. The van der Waals surface area contributed by atoms with Crippen LogP contribution in [0, 0.1) is 11.3 Å². The maximum atomic E-state index is 12.6. The van der Waals surface area contributed by atoms with Crippen LogP contribution in [0.2, 0.25) is 0 Å². The van der Waals surface area contributed by atoms with Crippen molar-refractivity contribution in [3.05, 3.63) is 78.4 Å². The second-order valence-corrected chi connectivity index (χ2v) is 6.79. The minimum absolute atomic E-state index is 0.394. The summed E-state index contributed by atoms with van der Waals surface area (Å²) in [6, 6.07) is 22.7. The number of para-hydroxylation sites is 1. The average molecular weight is 414 g/mol. The summed E-state index contributed by atoms with van der Waals surface area (Å²) in [6.45, 7) is 0. The summed E-state index contributed by atoms with van der Waals surface area (Å²) in [4.78, 5) is 26.0. The van der Waals surface area contributed by atoms with Gasteiger partial charge in [0.25, 0.3) is 0 Å². The molecule has 0 aliphatic carbocycles. The van der Waals surface area contributed by atoms with Gasteiger partial charge in [0.15, 0.2) is 0 Å². The Kier molecular flexibility index (Phi) is 5.51. The number of rotatable bonds is 5. The molecule has 0 bridgehead atoms. The van der Waals surface area contributed by atoms with Crippen LogP contribution in [-0.2, 0) is 9.59 Å². The lowest BCUT2D eigenvalue weighted by Crippen LogP contribution is -2.41. The number of fused-ring (bicyclic) bond motifs is 1. The van der Waals surface area contributed by atoms with E-state index in [4.69, 9.17) is 10.00 Å². The monoisotopic (exact) mass is 414 g/mol. The Bertz CT molecular complexity index is 1160. The third kappa shape index (κ3) is 4.47. The molecule has 1 aliphatic rings. The highest BCUT2D eigenvalue weighted by molar-refractivity contribution is 6.11. The van der Waals surface area contributed by atoms with E-state index in [2.05, 4.69) is 10.6 Å². The molecule has 0 fully saturated rings. The number of anilines is 3. The molecule has 1 unspecified atom stereocenters. The zero-order valence-corrected chi connectivity index (χ0v) is 16.3. The number of ether oxygens (including phenoxy) is 1. The van der Waals surface area contributed by atoms with Gasteiger partial charge in [0.05, 0.1) is 23.0 Å². The lowest BCUT2D eigenvalue weighted by atomic mass is 10.2. The molecule has 1 aliphatic heterocycles. The number of benzene rings is 3. The Morgan fingerprint density at radius 2 is 1.77 bits per heavy atom. The molecule has 0 saturated carbocycles. The molecule has 0 aromatic heterocycles. The first-order valence-corrected chi connectivity index (χ1v) is 9.47. The Morgan fingerprint density at radius 3 is 2.48 bits per heavy atom. The summed E-state index contributed by atoms with van der Waals surface area (Å²) in [6.07, 6.45) is -1.76. The zero-order valence-electron chi connectivity index (χ0n) is 16.3. The van der Waals surface area contributed by atoms with Crippen LogP contribution in [0.4, 0.5) is 17.1 Å². The molecule has 0 radical (unpaired) electrons. The second-order valence-electron chi connectivity index (χ2n) is 6.79. The van der Waals surface area contributed by atoms with Gasteiger partial charge >= 0.3 is 0 Å². The van der Waals surface area contributed by atoms with Crippen LogP contribution >= 0.6 is 0 Å². The van der Waals surface area contributed by atoms with Crippen molar-refractivity contribution in [2.75, 3.05) is 15.5 Å². The normalized spacial score (nSPS) is 14.2. The van der Waals surface area contributed by atoms with Crippen LogP contribution in [-0.4, -0.2) is 23.3 Å². The number of nitrogens with one attached hydrogen (secondary N) is 2. The minimum Gasteiger partial charge on any atom is -0.457 e. The third-order valence-electron chi connectivity index (χ3n) is 4.61. The van der Waals surface area contributed by atoms with Gasteiger partial charge < -0.3 is 20.5 Å². The van der Waals surface area contributed by atoms with Crippen molar-refractivity contribution in [2.24, 2.45) is 0 Å². The molecule has 0 saturated heterocycles. The minimum atomic E-state index is -1.31. The van der Waals surface area contributed by atoms with E-state index in [1.54, 1.807) is 30.3 Å². The van der Waals surface area contributed by atoms with Gasteiger partial charge in [-0.3, -0.25) is 14.5 Å². The highest BCUT2D eigenvalue weighted by atomic mass is 16.5. The van der Waals surface area contributed by atoms with Gasteiger partial charge in [0.2, 0.25) is 18.2 Å². The molecule has 2 amide bonds. The SMILES string of the molecule is N#Cc1ccc2c(c1)NC(O)N2C(=O)CC(=O)Nc1ccc(Oc2ccccc2)cc1. The number of nitrogens with zero attached hydrogens (tertiary/aromatic N) is 2. The number of aliphatic hydroxyl groups is 1. The lowest BCUT2D eigenvalue weighted by molar-refractivity contribution is -0.126. The van der Waals surface area contributed by atoms with E-state index in [0.29, 0.717) is 34.1 Å². The maximum absolute atomic E-state index is 12.6. The Morgan fingerprint density at radius 1 is 1.06 bits per heavy atom. The van der Waals surface area contributed by atoms with E-state index >= 15 is 0 Å².